The first-order valence-corrected chi connectivity index (χ1v) is 4.90. The largest absolute Gasteiger partial charge is 0.299 e. The summed E-state index contributed by atoms with van der Waals surface area (Å²) in [5, 5.41) is 0. The van der Waals surface area contributed by atoms with Crippen LogP contribution in [-0.4, -0.2) is 6.29 Å². The number of aldehydes is 1. The maximum absolute atomic E-state index is 9.99. The third-order valence-electron chi connectivity index (χ3n) is 1.97. The van der Waals surface area contributed by atoms with E-state index in [4.69, 9.17) is 0 Å². The zero-order chi connectivity index (χ0) is 10.1. The average Bonchev–Trinajstić information content (AvgIpc) is 2.04. The molecule has 74 valence electrons. The second-order valence-electron chi connectivity index (χ2n) is 3.76. The maximum Gasteiger partial charge on any atom is 0.142 e. The number of hydrogen-bond donors (Lipinski definition) is 0. The molecule has 0 saturated carbocycles. The van der Waals surface area contributed by atoms with Crippen molar-refractivity contribution in [2.45, 2.75) is 40.0 Å². The molecule has 0 aliphatic rings. The molecule has 0 aliphatic carbocycles. The molecule has 13 heavy (non-hydrogen) atoms. The van der Waals surface area contributed by atoms with Gasteiger partial charge in [-0.2, -0.15) is 0 Å². The van der Waals surface area contributed by atoms with Gasteiger partial charge in [0, 0.05) is 0 Å². The third kappa shape index (κ3) is 9.06. The van der Waals surface area contributed by atoms with Crippen LogP contribution >= 0.6 is 0 Å². The van der Waals surface area contributed by atoms with Gasteiger partial charge in [0.25, 0.3) is 0 Å². The van der Waals surface area contributed by atoms with Crippen molar-refractivity contribution in [2.24, 2.45) is 5.92 Å². The lowest BCUT2D eigenvalue weighted by Gasteiger charge is -2.05. The number of allylic oxidation sites excluding steroid dienone is 4. The van der Waals surface area contributed by atoms with Crippen LogP contribution in [0.1, 0.15) is 40.0 Å². The fourth-order valence-electron chi connectivity index (χ4n) is 1.14. The number of hydrogen-bond acceptors (Lipinski definition) is 1. The summed E-state index contributed by atoms with van der Waals surface area (Å²) in [4.78, 5) is 9.99. The molecule has 1 nitrogen and oxygen atoms in total. The molecule has 1 atom stereocenters. The Balaban J connectivity index is 3.51. The molecule has 0 amide bonds. The highest BCUT2D eigenvalue weighted by Gasteiger charge is 1.97. The van der Waals surface area contributed by atoms with Crippen LogP contribution in [0.25, 0.3) is 0 Å². The SMILES string of the molecule is CC(C)=CCC[C@H](C)C/C=C/C=O. The predicted molar refractivity (Wildman–Crippen MR) is 57.7 cm³/mol. The zero-order valence-electron chi connectivity index (χ0n) is 8.92. The summed E-state index contributed by atoms with van der Waals surface area (Å²) in [6.07, 6.45) is 9.99. The second kappa shape index (κ2) is 7.78. The van der Waals surface area contributed by atoms with Gasteiger partial charge in [0.15, 0.2) is 0 Å². The molecule has 0 aromatic heterocycles. The van der Waals surface area contributed by atoms with Gasteiger partial charge in [-0.15, -0.1) is 0 Å². The Kier molecular flexibility index (Phi) is 7.27. The number of carbonyl (C=O) groups excluding carboxylic acids is 1. The van der Waals surface area contributed by atoms with Crippen LogP contribution in [0.5, 0.6) is 0 Å². The summed E-state index contributed by atoms with van der Waals surface area (Å²) in [5.41, 5.74) is 1.38. The van der Waals surface area contributed by atoms with Crippen LogP contribution < -0.4 is 0 Å². The fraction of sp³-hybridized carbons (Fsp3) is 0.583. The van der Waals surface area contributed by atoms with Crippen molar-refractivity contribution in [2.75, 3.05) is 0 Å². The summed E-state index contributed by atoms with van der Waals surface area (Å²) < 4.78 is 0. The summed E-state index contributed by atoms with van der Waals surface area (Å²) in [6.45, 7) is 6.46. The Bertz CT molecular complexity index is 185. The van der Waals surface area contributed by atoms with E-state index in [0.717, 1.165) is 19.1 Å². The fourth-order valence-corrected chi connectivity index (χ4v) is 1.14. The Morgan fingerprint density at radius 3 is 2.62 bits per heavy atom. The minimum Gasteiger partial charge on any atom is -0.299 e. The van der Waals surface area contributed by atoms with Crippen molar-refractivity contribution in [3.63, 3.8) is 0 Å². The Morgan fingerprint density at radius 2 is 2.08 bits per heavy atom. The molecular weight excluding hydrogens is 160 g/mol. The highest BCUT2D eigenvalue weighted by Crippen LogP contribution is 2.11. The van der Waals surface area contributed by atoms with E-state index in [1.165, 1.54) is 12.0 Å². The Hall–Kier alpha value is -0.850. The van der Waals surface area contributed by atoms with Crippen LogP contribution in [-0.2, 0) is 4.79 Å². The first-order chi connectivity index (χ1) is 6.16. The smallest absolute Gasteiger partial charge is 0.142 e. The molecule has 0 N–H and O–H groups in total. The standard InChI is InChI=1S/C12H20O/c1-11(2)7-6-9-12(3)8-4-5-10-13/h4-5,7,10,12H,6,8-9H2,1-3H3/b5-4+/t12-/m1/s1. The summed E-state index contributed by atoms with van der Waals surface area (Å²) in [5.74, 6) is 0.673. The van der Waals surface area contributed by atoms with Crippen molar-refractivity contribution in [3.05, 3.63) is 23.8 Å². The van der Waals surface area contributed by atoms with E-state index >= 15 is 0 Å². The molecular formula is C12H20O. The van der Waals surface area contributed by atoms with Crippen LogP contribution in [0.2, 0.25) is 0 Å². The van der Waals surface area contributed by atoms with E-state index in [-0.39, 0.29) is 0 Å². The van der Waals surface area contributed by atoms with Gasteiger partial charge in [-0.25, -0.2) is 0 Å². The molecule has 0 aromatic carbocycles. The molecule has 0 rings (SSSR count). The van der Waals surface area contributed by atoms with Crippen molar-refractivity contribution in [1.29, 1.82) is 0 Å². The number of carbonyl (C=O) groups is 1. The molecule has 0 aromatic rings. The third-order valence-corrected chi connectivity index (χ3v) is 1.97. The molecule has 0 saturated heterocycles. The monoisotopic (exact) mass is 180 g/mol. The van der Waals surface area contributed by atoms with Crippen molar-refractivity contribution < 1.29 is 4.79 Å². The number of rotatable bonds is 6. The van der Waals surface area contributed by atoms with Gasteiger partial charge in [0.05, 0.1) is 0 Å². The van der Waals surface area contributed by atoms with Crippen molar-refractivity contribution in [3.8, 4) is 0 Å². The first kappa shape index (κ1) is 12.2. The van der Waals surface area contributed by atoms with Crippen molar-refractivity contribution in [1.82, 2.24) is 0 Å². The summed E-state index contributed by atoms with van der Waals surface area (Å²) in [7, 11) is 0. The van der Waals surface area contributed by atoms with Crippen LogP contribution in [0.15, 0.2) is 23.8 Å². The maximum atomic E-state index is 9.99. The molecule has 0 radical (unpaired) electrons. The van der Waals surface area contributed by atoms with Gasteiger partial charge in [0.2, 0.25) is 0 Å². The molecule has 0 bridgehead atoms. The summed E-state index contributed by atoms with van der Waals surface area (Å²) in [6, 6.07) is 0. The van der Waals surface area contributed by atoms with E-state index in [2.05, 4.69) is 26.8 Å². The molecule has 0 spiro atoms. The van der Waals surface area contributed by atoms with E-state index in [1.54, 1.807) is 6.08 Å². The van der Waals surface area contributed by atoms with Gasteiger partial charge >= 0.3 is 0 Å². The van der Waals surface area contributed by atoms with Gasteiger partial charge in [-0.1, -0.05) is 24.6 Å². The van der Waals surface area contributed by atoms with Gasteiger partial charge < -0.3 is 0 Å². The lowest BCUT2D eigenvalue weighted by atomic mass is 10.0. The van der Waals surface area contributed by atoms with E-state index in [1.807, 2.05) is 6.08 Å². The highest BCUT2D eigenvalue weighted by atomic mass is 16.1. The van der Waals surface area contributed by atoms with Crippen LogP contribution in [0.3, 0.4) is 0 Å². The lowest BCUT2D eigenvalue weighted by molar-refractivity contribution is -0.104. The van der Waals surface area contributed by atoms with E-state index < -0.39 is 0 Å². The Labute approximate surface area is 81.5 Å². The minimum absolute atomic E-state index is 0.673. The minimum atomic E-state index is 0.673. The summed E-state index contributed by atoms with van der Waals surface area (Å²) >= 11 is 0. The topological polar surface area (TPSA) is 17.1 Å². The lowest BCUT2D eigenvalue weighted by Crippen LogP contribution is -1.91. The Morgan fingerprint density at radius 1 is 1.38 bits per heavy atom. The van der Waals surface area contributed by atoms with Gasteiger partial charge in [-0.3, -0.25) is 4.79 Å². The van der Waals surface area contributed by atoms with E-state index in [0.29, 0.717) is 5.92 Å². The quantitative estimate of drug-likeness (QED) is 0.347. The second-order valence-corrected chi connectivity index (χ2v) is 3.76. The molecule has 0 unspecified atom stereocenters. The molecule has 0 heterocycles. The predicted octanol–water partition coefficient (Wildman–Crippen LogP) is 3.51. The van der Waals surface area contributed by atoms with Crippen molar-refractivity contribution >= 4 is 6.29 Å². The molecule has 0 fully saturated rings. The molecule has 0 aliphatic heterocycles. The van der Waals surface area contributed by atoms with Gasteiger partial charge in [0.1, 0.15) is 6.29 Å². The zero-order valence-corrected chi connectivity index (χ0v) is 8.92. The normalized spacial score (nSPS) is 12.8. The van der Waals surface area contributed by atoms with E-state index in [9.17, 15) is 4.79 Å². The molecule has 1 heteroatoms. The highest BCUT2D eigenvalue weighted by molar-refractivity contribution is 5.64. The first-order valence-electron chi connectivity index (χ1n) is 4.90. The van der Waals surface area contributed by atoms with Gasteiger partial charge in [-0.05, 0) is 45.1 Å². The average molecular weight is 180 g/mol. The van der Waals surface area contributed by atoms with Crippen LogP contribution in [0.4, 0.5) is 0 Å². The van der Waals surface area contributed by atoms with Crippen LogP contribution in [0, 0.1) is 5.92 Å².